The van der Waals surface area contributed by atoms with Crippen molar-refractivity contribution in [2.24, 2.45) is 0 Å². The van der Waals surface area contributed by atoms with E-state index in [0.29, 0.717) is 5.82 Å². The Morgan fingerprint density at radius 3 is 2.70 bits per heavy atom. The number of aromatic nitrogens is 5. The summed E-state index contributed by atoms with van der Waals surface area (Å²) in [6, 6.07) is 3.73. The van der Waals surface area contributed by atoms with E-state index in [9.17, 15) is 4.79 Å². The number of nitrogens with zero attached hydrogens (tertiary/aromatic N) is 5. The first-order valence-electron chi connectivity index (χ1n) is 9.41. The van der Waals surface area contributed by atoms with Gasteiger partial charge in [0.15, 0.2) is 0 Å². The molecule has 0 amide bonds. The average Bonchev–Trinajstić information content (AvgIpc) is 2.91. The van der Waals surface area contributed by atoms with Gasteiger partial charge in [-0.15, -0.1) is 0 Å². The Morgan fingerprint density at radius 1 is 1.19 bits per heavy atom. The zero-order valence-electron chi connectivity index (χ0n) is 15.8. The lowest BCUT2D eigenvalue weighted by molar-refractivity contribution is 0.278. The van der Waals surface area contributed by atoms with Gasteiger partial charge < -0.3 is 4.98 Å². The van der Waals surface area contributed by atoms with E-state index in [0.717, 1.165) is 55.8 Å². The number of aryl methyl sites for hydroxylation is 1. The van der Waals surface area contributed by atoms with Gasteiger partial charge in [0.2, 0.25) is 0 Å². The molecule has 0 fully saturated rings. The van der Waals surface area contributed by atoms with Crippen LogP contribution in [0, 0.1) is 6.92 Å². The van der Waals surface area contributed by atoms with Crippen molar-refractivity contribution in [1.29, 1.82) is 0 Å². The molecule has 0 radical (unpaired) electrons. The third kappa shape index (κ3) is 3.55. The summed E-state index contributed by atoms with van der Waals surface area (Å²) in [5.74, 6) is 0.620. The molecule has 0 spiro atoms. The van der Waals surface area contributed by atoms with Crippen LogP contribution in [0.25, 0.3) is 11.4 Å². The molecule has 7 heteroatoms. The van der Waals surface area contributed by atoms with Gasteiger partial charge in [-0.25, -0.2) is 4.98 Å². The van der Waals surface area contributed by atoms with Gasteiger partial charge in [-0.05, 0) is 32.4 Å². The smallest absolute Gasteiger partial charge is 0.254 e. The Bertz CT molecular complexity index is 991. The van der Waals surface area contributed by atoms with Gasteiger partial charge in [0.1, 0.15) is 5.82 Å². The number of H-pyrrole nitrogens is 1. The van der Waals surface area contributed by atoms with Gasteiger partial charge in [-0.3, -0.25) is 19.4 Å². The van der Waals surface area contributed by atoms with Crippen molar-refractivity contribution in [3.63, 3.8) is 0 Å². The molecule has 0 saturated carbocycles. The van der Waals surface area contributed by atoms with E-state index in [1.807, 2.05) is 23.0 Å². The first kappa shape index (κ1) is 17.6. The minimum absolute atomic E-state index is 0.0244. The zero-order valence-corrected chi connectivity index (χ0v) is 15.8. The van der Waals surface area contributed by atoms with Gasteiger partial charge in [0.25, 0.3) is 5.56 Å². The maximum atomic E-state index is 12.6. The highest BCUT2D eigenvalue weighted by molar-refractivity contribution is 5.54. The van der Waals surface area contributed by atoms with Gasteiger partial charge in [0, 0.05) is 67.4 Å². The summed E-state index contributed by atoms with van der Waals surface area (Å²) < 4.78 is 2.02. The third-order valence-corrected chi connectivity index (χ3v) is 5.30. The molecule has 1 N–H and O–H groups in total. The molecule has 0 bridgehead atoms. The van der Waals surface area contributed by atoms with Crippen molar-refractivity contribution in [3.8, 4) is 11.4 Å². The Kier molecular flexibility index (Phi) is 4.85. The second kappa shape index (κ2) is 7.44. The van der Waals surface area contributed by atoms with Gasteiger partial charge in [-0.2, -0.15) is 5.10 Å². The number of hydrogen-bond donors (Lipinski definition) is 1. The fourth-order valence-corrected chi connectivity index (χ4v) is 3.66. The molecule has 1 aliphatic rings. The molecule has 0 saturated heterocycles. The Hall–Kier alpha value is -2.80. The molecule has 0 atom stereocenters. The molecular weight excluding hydrogens is 340 g/mol. The van der Waals surface area contributed by atoms with E-state index in [-0.39, 0.29) is 5.56 Å². The van der Waals surface area contributed by atoms with Crippen molar-refractivity contribution in [2.75, 3.05) is 13.1 Å². The lowest BCUT2D eigenvalue weighted by atomic mass is 10.1. The molecule has 4 heterocycles. The predicted molar refractivity (Wildman–Crippen MR) is 103 cm³/mol. The summed E-state index contributed by atoms with van der Waals surface area (Å²) in [6.45, 7) is 7.69. The normalized spacial score (nSPS) is 14.7. The predicted octanol–water partition coefficient (Wildman–Crippen LogP) is 1.96. The molecule has 0 aromatic carbocycles. The highest BCUT2D eigenvalue weighted by atomic mass is 16.1. The molecule has 27 heavy (non-hydrogen) atoms. The summed E-state index contributed by atoms with van der Waals surface area (Å²) in [5.41, 5.74) is 5.06. The van der Waals surface area contributed by atoms with Gasteiger partial charge in [-0.1, -0.05) is 0 Å². The Balaban J connectivity index is 1.55. The van der Waals surface area contributed by atoms with Crippen LogP contribution in [0.4, 0.5) is 0 Å². The molecule has 1 aliphatic heterocycles. The molecule has 140 valence electrons. The van der Waals surface area contributed by atoms with Crippen LogP contribution in [0.3, 0.4) is 0 Å². The first-order valence-corrected chi connectivity index (χ1v) is 9.41. The second-order valence-electron chi connectivity index (χ2n) is 6.92. The van der Waals surface area contributed by atoms with Crippen LogP contribution in [-0.2, 0) is 25.9 Å². The summed E-state index contributed by atoms with van der Waals surface area (Å²) in [5, 5.41) is 4.44. The highest BCUT2D eigenvalue weighted by Crippen LogP contribution is 2.18. The van der Waals surface area contributed by atoms with Crippen molar-refractivity contribution < 1.29 is 0 Å². The highest BCUT2D eigenvalue weighted by Gasteiger charge is 2.20. The van der Waals surface area contributed by atoms with E-state index in [4.69, 9.17) is 4.98 Å². The standard InChI is InChI=1S/C20H24N6O/c1-3-26-14(2)16(12-22-26)13-25-10-6-17-18(7-11-25)23-19(24-20(17)27)15-4-8-21-9-5-15/h4-5,8-9,12H,3,6-7,10-11,13H2,1-2H3,(H,23,24,27). The number of aromatic amines is 1. The van der Waals surface area contributed by atoms with Crippen LogP contribution < -0.4 is 5.56 Å². The lowest BCUT2D eigenvalue weighted by Crippen LogP contribution is -2.26. The lowest BCUT2D eigenvalue weighted by Gasteiger charge is -2.19. The maximum absolute atomic E-state index is 12.6. The van der Waals surface area contributed by atoms with Crippen molar-refractivity contribution >= 4 is 0 Å². The minimum Gasteiger partial charge on any atom is -0.306 e. The molecule has 3 aromatic rings. The third-order valence-electron chi connectivity index (χ3n) is 5.30. The van der Waals surface area contributed by atoms with Crippen LogP contribution in [0.1, 0.15) is 29.4 Å². The largest absolute Gasteiger partial charge is 0.306 e. The average molecular weight is 364 g/mol. The summed E-state index contributed by atoms with van der Waals surface area (Å²) in [4.78, 5) is 26.7. The Labute approximate surface area is 158 Å². The molecular formula is C20H24N6O. The molecule has 0 unspecified atom stereocenters. The maximum Gasteiger partial charge on any atom is 0.254 e. The molecule has 7 nitrogen and oxygen atoms in total. The number of pyridine rings is 1. The SMILES string of the molecule is CCn1ncc(CN2CCc3nc(-c4ccncc4)[nH]c(=O)c3CC2)c1C. The number of rotatable bonds is 4. The first-order chi connectivity index (χ1) is 13.2. The monoisotopic (exact) mass is 364 g/mol. The van der Waals surface area contributed by atoms with Crippen LogP contribution in [0.5, 0.6) is 0 Å². The number of nitrogens with one attached hydrogen (secondary N) is 1. The van der Waals surface area contributed by atoms with E-state index in [1.165, 1.54) is 11.3 Å². The zero-order chi connectivity index (χ0) is 18.8. The topological polar surface area (TPSA) is 79.7 Å². The summed E-state index contributed by atoms with van der Waals surface area (Å²) in [6.07, 6.45) is 6.88. The van der Waals surface area contributed by atoms with E-state index < -0.39 is 0 Å². The Morgan fingerprint density at radius 2 is 1.96 bits per heavy atom. The van der Waals surface area contributed by atoms with Crippen molar-refractivity contribution in [3.05, 3.63) is 63.6 Å². The van der Waals surface area contributed by atoms with Crippen LogP contribution >= 0.6 is 0 Å². The summed E-state index contributed by atoms with van der Waals surface area (Å²) in [7, 11) is 0. The second-order valence-corrected chi connectivity index (χ2v) is 6.92. The molecule has 3 aromatic heterocycles. The molecule has 0 aliphatic carbocycles. The van der Waals surface area contributed by atoms with Crippen LogP contribution in [0.15, 0.2) is 35.5 Å². The van der Waals surface area contributed by atoms with E-state index in [1.54, 1.807) is 12.4 Å². The van der Waals surface area contributed by atoms with Crippen molar-refractivity contribution in [1.82, 2.24) is 29.6 Å². The van der Waals surface area contributed by atoms with Crippen LogP contribution in [-0.4, -0.2) is 42.7 Å². The fourth-order valence-electron chi connectivity index (χ4n) is 3.66. The van der Waals surface area contributed by atoms with E-state index in [2.05, 4.69) is 33.8 Å². The van der Waals surface area contributed by atoms with E-state index >= 15 is 0 Å². The summed E-state index contributed by atoms with van der Waals surface area (Å²) >= 11 is 0. The molecule has 4 rings (SSSR count). The number of fused-ring (bicyclic) bond motifs is 1. The number of hydrogen-bond acceptors (Lipinski definition) is 5. The van der Waals surface area contributed by atoms with Gasteiger partial charge >= 0.3 is 0 Å². The minimum atomic E-state index is -0.0244. The van der Waals surface area contributed by atoms with Gasteiger partial charge in [0.05, 0.1) is 11.9 Å². The van der Waals surface area contributed by atoms with Crippen molar-refractivity contribution in [2.45, 2.75) is 39.8 Å². The van der Waals surface area contributed by atoms with Crippen LogP contribution in [0.2, 0.25) is 0 Å². The quantitative estimate of drug-likeness (QED) is 0.765. The fraction of sp³-hybridized carbons (Fsp3) is 0.400.